The minimum Gasteiger partial charge on any atom is -0.450 e. The zero-order valence-corrected chi connectivity index (χ0v) is 15.8. The molecule has 1 aromatic heterocycles. The fourth-order valence-electron chi connectivity index (χ4n) is 1.66. The molecular formula is C15H9BrClIN2O2. The van der Waals surface area contributed by atoms with Gasteiger partial charge in [0.05, 0.1) is 4.47 Å². The number of hydrogen-bond acceptors (Lipinski definition) is 3. The lowest BCUT2D eigenvalue weighted by atomic mass is 10.1. The predicted molar refractivity (Wildman–Crippen MR) is 97.5 cm³/mol. The first-order valence-electron chi connectivity index (χ1n) is 6.05. The minimum absolute atomic E-state index is 0.0583. The lowest BCUT2D eigenvalue weighted by Crippen LogP contribution is -2.14. The maximum absolute atomic E-state index is 12.2. The number of nitrogens with zero attached hydrogens (tertiary/aromatic N) is 1. The van der Waals surface area contributed by atoms with Crippen LogP contribution in [0, 0.1) is 22.0 Å². The summed E-state index contributed by atoms with van der Waals surface area (Å²) < 4.78 is 6.81. The van der Waals surface area contributed by atoms with E-state index in [-0.39, 0.29) is 5.57 Å². The number of halogens is 3. The predicted octanol–water partition coefficient (Wildman–Crippen LogP) is 5.15. The number of anilines is 1. The summed E-state index contributed by atoms with van der Waals surface area (Å²) in [5, 5.41) is 12.4. The van der Waals surface area contributed by atoms with E-state index in [0.29, 0.717) is 20.2 Å². The molecule has 112 valence electrons. The van der Waals surface area contributed by atoms with E-state index < -0.39 is 5.91 Å². The smallest absolute Gasteiger partial charge is 0.266 e. The van der Waals surface area contributed by atoms with E-state index in [4.69, 9.17) is 16.0 Å². The molecule has 0 unspecified atom stereocenters. The number of amides is 1. The molecule has 0 aliphatic carbocycles. The van der Waals surface area contributed by atoms with Crippen LogP contribution in [-0.2, 0) is 4.79 Å². The van der Waals surface area contributed by atoms with E-state index in [2.05, 4.69) is 21.2 Å². The average molecular weight is 492 g/mol. The van der Waals surface area contributed by atoms with Gasteiger partial charge in [-0.05, 0) is 46.6 Å². The van der Waals surface area contributed by atoms with Gasteiger partial charge in [0.15, 0.2) is 3.77 Å². The fraction of sp³-hybridized carbons (Fsp3) is 0.0667. The Morgan fingerprint density at radius 3 is 2.86 bits per heavy atom. The third-order valence-electron chi connectivity index (χ3n) is 2.83. The highest BCUT2D eigenvalue weighted by molar-refractivity contribution is 14.1. The van der Waals surface area contributed by atoms with Crippen molar-refractivity contribution in [3.05, 3.63) is 54.4 Å². The molecular weight excluding hydrogens is 482 g/mol. The van der Waals surface area contributed by atoms with Gasteiger partial charge in [0, 0.05) is 39.4 Å². The summed E-state index contributed by atoms with van der Waals surface area (Å²) in [6, 6.07) is 8.75. The quantitative estimate of drug-likeness (QED) is 0.367. The number of carbonyl (C=O) groups is 1. The van der Waals surface area contributed by atoms with Gasteiger partial charge in [-0.1, -0.05) is 17.7 Å². The third-order valence-corrected chi connectivity index (χ3v) is 5.37. The molecule has 0 fully saturated rings. The first-order valence-corrected chi connectivity index (χ1v) is 8.30. The number of hydrogen-bond donors (Lipinski definition) is 1. The number of carbonyl (C=O) groups excluding carboxylic acids is 1. The van der Waals surface area contributed by atoms with E-state index >= 15 is 0 Å². The van der Waals surface area contributed by atoms with Crippen LogP contribution in [0.3, 0.4) is 0 Å². The lowest BCUT2D eigenvalue weighted by Gasteiger charge is -2.08. The van der Waals surface area contributed by atoms with E-state index in [1.54, 1.807) is 31.2 Å². The van der Waals surface area contributed by atoms with Crippen molar-refractivity contribution >= 4 is 67.8 Å². The van der Waals surface area contributed by atoms with Crippen LogP contribution in [0.4, 0.5) is 5.69 Å². The van der Waals surface area contributed by atoms with Crippen molar-refractivity contribution in [1.29, 1.82) is 5.26 Å². The van der Waals surface area contributed by atoms with E-state index in [0.717, 1.165) is 10.0 Å². The van der Waals surface area contributed by atoms with E-state index in [1.807, 2.05) is 28.7 Å². The highest BCUT2D eigenvalue weighted by atomic mass is 127. The molecule has 7 heteroatoms. The van der Waals surface area contributed by atoms with Crippen molar-refractivity contribution in [3.8, 4) is 6.07 Å². The Labute approximate surface area is 154 Å². The number of furan rings is 1. The van der Waals surface area contributed by atoms with Gasteiger partial charge < -0.3 is 9.73 Å². The summed E-state index contributed by atoms with van der Waals surface area (Å²) in [5.74, 6) is -0.0961. The third kappa shape index (κ3) is 3.91. The van der Waals surface area contributed by atoms with Crippen molar-refractivity contribution in [3.63, 3.8) is 0 Å². The monoisotopic (exact) mass is 490 g/mol. The molecule has 1 amide bonds. The zero-order chi connectivity index (χ0) is 16.3. The van der Waals surface area contributed by atoms with Gasteiger partial charge in [0.1, 0.15) is 17.4 Å². The summed E-state index contributed by atoms with van der Waals surface area (Å²) in [6.45, 7) is 1.79. The van der Waals surface area contributed by atoms with Crippen LogP contribution in [0.5, 0.6) is 0 Å². The molecule has 2 aromatic rings. The molecule has 0 atom stereocenters. The highest BCUT2D eigenvalue weighted by Gasteiger charge is 2.13. The van der Waals surface area contributed by atoms with Gasteiger partial charge in [-0.25, -0.2) is 0 Å². The topological polar surface area (TPSA) is 66.0 Å². The van der Waals surface area contributed by atoms with E-state index in [1.165, 1.54) is 6.08 Å². The van der Waals surface area contributed by atoms with Crippen LogP contribution in [0.15, 0.2) is 38.7 Å². The maximum Gasteiger partial charge on any atom is 0.266 e. The first-order chi connectivity index (χ1) is 10.4. The van der Waals surface area contributed by atoms with Crippen molar-refractivity contribution in [2.75, 3.05) is 5.32 Å². The Balaban J connectivity index is 2.26. The number of nitriles is 1. The fourth-order valence-corrected chi connectivity index (χ4v) is 2.55. The van der Waals surface area contributed by atoms with Crippen LogP contribution < -0.4 is 5.32 Å². The van der Waals surface area contributed by atoms with E-state index in [9.17, 15) is 10.1 Å². The van der Waals surface area contributed by atoms with Gasteiger partial charge >= 0.3 is 0 Å². The Kier molecular flexibility index (Phi) is 5.67. The average Bonchev–Trinajstić information content (AvgIpc) is 2.79. The lowest BCUT2D eigenvalue weighted by molar-refractivity contribution is -0.112. The van der Waals surface area contributed by atoms with Gasteiger partial charge in [-0.15, -0.1) is 0 Å². The standard InChI is InChI=1S/C15H9BrClIN2O2/c1-8-12(17)3-2-4-13(8)20-15(21)9(7-19)5-10-6-11(16)14(18)22-10/h2-6H,1H3,(H,20,21)/b9-5+. The summed E-state index contributed by atoms with van der Waals surface area (Å²) in [6.07, 6.45) is 1.39. The Bertz CT molecular complexity index is 789. The summed E-state index contributed by atoms with van der Waals surface area (Å²) in [7, 11) is 0. The Morgan fingerprint density at radius 2 is 2.27 bits per heavy atom. The largest absolute Gasteiger partial charge is 0.450 e. The highest BCUT2D eigenvalue weighted by Crippen LogP contribution is 2.26. The second-order valence-corrected chi connectivity index (χ2v) is 6.55. The summed E-state index contributed by atoms with van der Waals surface area (Å²) in [4.78, 5) is 12.2. The Hall–Kier alpha value is -1.30. The van der Waals surface area contributed by atoms with Crippen molar-refractivity contribution < 1.29 is 9.21 Å². The van der Waals surface area contributed by atoms with Crippen LogP contribution in [0.2, 0.25) is 5.02 Å². The maximum atomic E-state index is 12.2. The first kappa shape index (κ1) is 17.1. The molecule has 0 radical (unpaired) electrons. The summed E-state index contributed by atoms with van der Waals surface area (Å²) >= 11 is 11.3. The van der Waals surface area contributed by atoms with Crippen LogP contribution >= 0.6 is 50.1 Å². The van der Waals surface area contributed by atoms with Gasteiger partial charge in [0.25, 0.3) is 5.91 Å². The molecule has 4 nitrogen and oxygen atoms in total. The number of nitrogens with one attached hydrogen (secondary N) is 1. The van der Waals surface area contributed by atoms with Crippen LogP contribution in [-0.4, -0.2) is 5.91 Å². The second-order valence-electron chi connectivity index (χ2n) is 4.31. The normalized spacial score (nSPS) is 11.1. The van der Waals surface area contributed by atoms with Crippen molar-refractivity contribution in [2.45, 2.75) is 6.92 Å². The van der Waals surface area contributed by atoms with Gasteiger partial charge in [-0.2, -0.15) is 5.26 Å². The minimum atomic E-state index is -0.518. The molecule has 1 heterocycles. The van der Waals surface area contributed by atoms with Gasteiger partial charge in [-0.3, -0.25) is 4.79 Å². The molecule has 0 bridgehead atoms. The molecule has 0 saturated carbocycles. The molecule has 0 spiro atoms. The SMILES string of the molecule is Cc1c(Cl)cccc1NC(=O)/C(C#N)=C/c1cc(Br)c(I)o1. The second kappa shape index (κ2) is 7.31. The number of rotatable bonds is 3. The molecule has 0 saturated heterocycles. The van der Waals surface area contributed by atoms with Crippen LogP contribution in [0.1, 0.15) is 11.3 Å². The molecule has 22 heavy (non-hydrogen) atoms. The van der Waals surface area contributed by atoms with Gasteiger partial charge in [0.2, 0.25) is 0 Å². The molecule has 0 aliphatic heterocycles. The molecule has 1 aromatic carbocycles. The summed E-state index contributed by atoms with van der Waals surface area (Å²) in [5.41, 5.74) is 1.25. The van der Waals surface area contributed by atoms with Crippen molar-refractivity contribution in [2.24, 2.45) is 0 Å². The Morgan fingerprint density at radius 1 is 1.55 bits per heavy atom. The van der Waals surface area contributed by atoms with Crippen molar-refractivity contribution in [1.82, 2.24) is 0 Å². The molecule has 1 N–H and O–H groups in total. The zero-order valence-electron chi connectivity index (χ0n) is 11.3. The molecule has 0 aliphatic rings. The number of benzene rings is 1. The molecule has 2 rings (SSSR count). The van der Waals surface area contributed by atoms with Crippen LogP contribution in [0.25, 0.3) is 6.08 Å².